The van der Waals surface area contributed by atoms with Gasteiger partial charge in [-0.05, 0) is 61.4 Å². The van der Waals surface area contributed by atoms with Gasteiger partial charge in [-0.25, -0.2) is 9.97 Å². The molecule has 0 bridgehead atoms. The Hall–Kier alpha value is -1.90. The Morgan fingerprint density at radius 3 is 1.94 bits per heavy atom. The lowest BCUT2D eigenvalue weighted by Gasteiger charge is -2.10. The van der Waals surface area contributed by atoms with E-state index in [0.717, 1.165) is 42.5 Å². The van der Waals surface area contributed by atoms with E-state index in [0.29, 0.717) is 0 Å². The van der Waals surface area contributed by atoms with Gasteiger partial charge in [0.2, 0.25) is 0 Å². The van der Waals surface area contributed by atoms with E-state index < -0.39 is 0 Å². The minimum atomic E-state index is 0.784. The molecule has 2 rings (SSSR count). The highest BCUT2D eigenvalue weighted by atomic mass is 16.5. The predicted octanol–water partition coefficient (Wildman–Crippen LogP) is 8.81. The highest BCUT2D eigenvalue weighted by molar-refractivity contribution is 5.55. The van der Waals surface area contributed by atoms with Crippen molar-refractivity contribution >= 4 is 0 Å². The molecular formula is C29H46N2O. The van der Waals surface area contributed by atoms with Gasteiger partial charge in [0.15, 0.2) is 5.82 Å². The van der Waals surface area contributed by atoms with E-state index in [1.807, 2.05) is 24.5 Å². The van der Waals surface area contributed by atoms with Gasteiger partial charge < -0.3 is 4.74 Å². The molecule has 0 aliphatic heterocycles. The van der Waals surface area contributed by atoms with Crippen molar-refractivity contribution in [3.8, 4) is 17.1 Å². The summed E-state index contributed by atoms with van der Waals surface area (Å²) in [7, 11) is 0. The summed E-state index contributed by atoms with van der Waals surface area (Å²) in [6.45, 7) is 7.62. The molecule has 1 aromatic carbocycles. The zero-order valence-corrected chi connectivity index (χ0v) is 21.0. The Bertz CT molecular complexity index is 696. The van der Waals surface area contributed by atoms with Crippen LogP contribution in [0.25, 0.3) is 11.4 Å². The summed E-state index contributed by atoms with van der Waals surface area (Å²) in [4.78, 5) is 9.19. The fraction of sp³-hybridized carbons (Fsp3) is 0.655. The zero-order valence-electron chi connectivity index (χ0n) is 21.0. The number of nitrogens with zero attached hydrogens (tertiary/aromatic N) is 2. The summed E-state index contributed by atoms with van der Waals surface area (Å²) in [6.07, 6.45) is 22.4. The first kappa shape index (κ1) is 26.4. The van der Waals surface area contributed by atoms with Crippen molar-refractivity contribution in [2.75, 3.05) is 6.61 Å². The second-order valence-corrected chi connectivity index (χ2v) is 9.38. The Morgan fingerprint density at radius 1 is 0.750 bits per heavy atom. The number of hydrogen-bond donors (Lipinski definition) is 0. The van der Waals surface area contributed by atoms with E-state index >= 15 is 0 Å². The molecule has 0 unspecified atom stereocenters. The molecule has 1 heterocycles. The second-order valence-electron chi connectivity index (χ2n) is 9.38. The lowest BCUT2D eigenvalue weighted by atomic mass is 10.0. The Kier molecular flexibility index (Phi) is 13.7. The smallest absolute Gasteiger partial charge is 0.159 e. The summed E-state index contributed by atoms with van der Waals surface area (Å²) in [6, 6.07) is 8.17. The van der Waals surface area contributed by atoms with Crippen molar-refractivity contribution in [2.24, 2.45) is 5.92 Å². The molecule has 2 aromatic rings. The number of ether oxygens (including phenoxy) is 1. The van der Waals surface area contributed by atoms with Crippen LogP contribution in [0.15, 0.2) is 36.7 Å². The van der Waals surface area contributed by atoms with Crippen molar-refractivity contribution < 1.29 is 4.74 Å². The molecule has 0 N–H and O–H groups in total. The maximum Gasteiger partial charge on any atom is 0.159 e. The van der Waals surface area contributed by atoms with Crippen molar-refractivity contribution in [3.63, 3.8) is 0 Å². The Balaban J connectivity index is 1.61. The summed E-state index contributed by atoms with van der Waals surface area (Å²) >= 11 is 0. The van der Waals surface area contributed by atoms with Crippen LogP contribution in [0.5, 0.6) is 5.75 Å². The topological polar surface area (TPSA) is 35.0 Å². The number of benzene rings is 1. The number of unbranched alkanes of at least 4 members (excludes halogenated alkanes) is 9. The molecule has 3 heteroatoms. The molecule has 32 heavy (non-hydrogen) atoms. The SMILES string of the molecule is CCCCCCCCCCCCc1cnc(-c2ccc(OCCC[C@@H](C)CC)cc2)nc1. The van der Waals surface area contributed by atoms with Crippen LogP contribution >= 0.6 is 0 Å². The van der Waals surface area contributed by atoms with E-state index in [1.165, 1.54) is 82.6 Å². The Morgan fingerprint density at radius 2 is 1.34 bits per heavy atom. The number of hydrogen-bond acceptors (Lipinski definition) is 3. The van der Waals surface area contributed by atoms with E-state index in [2.05, 4.69) is 42.9 Å². The normalized spacial score (nSPS) is 12.1. The summed E-state index contributed by atoms with van der Waals surface area (Å²) in [5, 5.41) is 0. The van der Waals surface area contributed by atoms with Gasteiger partial charge in [0.25, 0.3) is 0 Å². The van der Waals surface area contributed by atoms with Gasteiger partial charge in [-0.1, -0.05) is 85.0 Å². The first-order valence-electron chi connectivity index (χ1n) is 13.3. The first-order valence-corrected chi connectivity index (χ1v) is 13.3. The summed E-state index contributed by atoms with van der Waals surface area (Å²) in [5.74, 6) is 2.50. The molecule has 1 aromatic heterocycles. The van der Waals surface area contributed by atoms with Crippen LogP contribution < -0.4 is 4.74 Å². The second kappa shape index (κ2) is 16.7. The first-order chi connectivity index (χ1) is 15.7. The minimum Gasteiger partial charge on any atom is -0.494 e. The van der Waals surface area contributed by atoms with Gasteiger partial charge in [-0.3, -0.25) is 0 Å². The molecule has 0 aliphatic rings. The summed E-state index contributed by atoms with van der Waals surface area (Å²) < 4.78 is 5.87. The fourth-order valence-electron chi connectivity index (χ4n) is 3.98. The minimum absolute atomic E-state index is 0.784. The number of rotatable bonds is 18. The van der Waals surface area contributed by atoms with Gasteiger partial charge in [-0.2, -0.15) is 0 Å². The van der Waals surface area contributed by atoms with Crippen LogP contribution in [0.1, 0.15) is 110 Å². The van der Waals surface area contributed by atoms with Crippen LogP contribution in [-0.2, 0) is 6.42 Å². The third-order valence-electron chi connectivity index (χ3n) is 6.44. The molecule has 0 saturated heterocycles. The molecule has 178 valence electrons. The van der Waals surface area contributed by atoms with E-state index in [4.69, 9.17) is 4.74 Å². The van der Waals surface area contributed by atoms with Crippen molar-refractivity contribution in [2.45, 2.75) is 111 Å². The van der Waals surface area contributed by atoms with E-state index in [9.17, 15) is 0 Å². The van der Waals surface area contributed by atoms with Crippen LogP contribution in [0.4, 0.5) is 0 Å². The lowest BCUT2D eigenvalue weighted by molar-refractivity contribution is 0.294. The van der Waals surface area contributed by atoms with Crippen molar-refractivity contribution in [1.29, 1.82) is 0 Å². The Labute approximate surface area is 197 Å². The quantitative estimate of drug-likeness (QED) is 0.218. The van der Waals surface area contributed by atoms with Crippen molar-refractivity contribution in [3.05, 3.63) is 42.2 Å². The van der Waals surface area contributed by atoms with Gasteiger partial charge >= 0.3 is 0 Å². The molecule has 0 amide bonds. The molecule has 0 saturated carbocycles. The van der Waals surface area contributed by atoms with Crippen molar-refractivity contribution in [1.82, 2.24) is 9.97 Å². The molecule has 0 radical (unpaired) electrons. The van der Waals surface area contributed by atoms with Gasteiger partial charge in [-0.15, -0.1) is 0 Å². The predicted molar refractivity (Wildman–Crippen MR) is 137 cm³/mol. The molecule has 0 fully saturated rings. The molecule has 3 nitrogen and oxygen atoms in total. The van der Waals surface area contributed by atoms with Gasteiger partial charge in [0.05, 0.1) is 6.61 Å². The van der Waals surface area contributed by atoms with Gasteiger partial charge in [0, 0.05) is 18.0 Å². The standard InChI is InChI=1S/C29H46N2O/c1-4-6-7-8-9-10-11-12-13-14-17-26-23-30-29(31-24-26)27-18-20-28(21-19-27)32-22-15-16-25(3)5-2/h18-21,23-25H,4-17,22H2,1-3H3/t25-/m0/s1. The van der Waals surface area contributed by atoms with Crippen LogP contribution in [-0.4, -0.2) is 16.6 Å². The van der Waals surface area contributed by atoms with Gasteiger partial charge in [0.1, 0.15) is 5.75 Å². The molecule has 0 spiro atoms. The highest BCUT2D eigenvalue weighted by Crippen LogP contribution is 2.20. The van der Waals surface area contributed by atoms with Crippen LogP contribution in [0.2, 0.25) is 0 Å². The highest BCUT2D eigenvalue weighted by Gasteiger charge is 2.04. The zero-order chi connectivity index (χ0) is 22.9. The average Bonchev–Trinajstić information content (AvgIpc) is 2.83. The molecule has 0 aliphatic carbocycles. The lowest BCUT2D eigenvalue weighted by Crippen LogP contribution is -2.01. The summed E-state index contributed by atoms with van der Waals surface area (Å²) in [5.41, 5.74) is 2.29. The molecular weight excluding hydrogens is 392 g/mol. The van der Waals surface area contributed by atoms with E-state index in [1.54, 1.807) is 0 Å². The third kappa shape index (κ3) is 11.1. The maximum atomic E-state index is 5.87. The fourth-order valence-corrected chi connectivity index (χ4v) is 3.98. The van der Waals surface area contributed by atoms with Crippen LogP contribution in [0.3, 0.4) is 0 Å². The third-order valence-corrected chi connectivity index (χ3v) is 6.44. The van der Waals surface area contributed by atoms with E-state index in [-0.39, 0.29) is 0 Å². The number of aryl methyl sites for hydroxylation is 1. The average molecular weight is 439 g/mol. The maximum absolute atomic E-state index is 5.87. The molecule has 1 atom stereocenters. The largest absolute Gasteiger partial charge is 0.494 e. The van der Waals surface area contributed by atoms with Crippen LogP contribution in [0, 0.1) is 5.92 Å². The monoisotopic (exact) mass is 438 g/mol. The number of aromatic nitrogens is 2.